The summed E-state index contributed by atoms with van der Waals surface area (Å²) in [5.74, 6) is 0.719. The lowest BCUT2D eigenvalue weighted by atomic mass is 9.89. The number of hydrogen-bond donors (Lipinski definition) is 2. The number of phenols is 2. The molecule has 2 aliphatic rings. The van der Waals surface area contributed by atoms with Gasteiger partial charge in [0.1, 0.15) is 34.5 Å². The molecule has 35 heavy (non-hydrogen) atoms. The number of allylic oxidation sites excluding steroid dienone is 2. The van der Waals surface area contributed by atoms with Gasteiger partial charge in [0.2, 0.25) is 0 Å². The minimum absolute atomic E-state index is 0.0126. The lowest BCUT2D eigenvalue weighted by Gasteiger charge is -2.32. The van der Waals surface area contributed by atoms with E-state index >= 15 is 0 Å². The Bertz CT molecular complexity index is 1260. The van der Waals surface area contributed by atoms with Crippen LogP contribution in [0.15, 0.2) is 36.4 Å². The van der Waals surface area contributed by atoms with Crippen molar-refractivity contribution in [1.82, 2.24) is 0 Å². The zero-order valence-corrected chi connectivity index (χ0v) is 20.9. The summed E-state index contributed by atoms with van der Waals surface area (Å²) in [6.07, 6.45) is 7.17. The van der Waals surface area contributed by atoms with Crippen molar-refractivity contribution in [2.45, 2.75) is 59.2 Å². The summed E-state index contributed by atoms with van der Waals surface area (Å²) in [5, 5.41) is 21.7. The Balaban J connectivity index is 1.85. The quantitative estimate of drug-likeness (QED) is 0.461. The van der Waals surface area contributed by atoms with Gasteiger partial charge in [0.25, 0.3) is 0 Å². The summed E-state index contributed by atoms with van der Waals surface area (Å²) in [4.78, 5) is 13.3. The Morgan fingerprint density at radius 3 is 2.66 bits per heavy atom. The molecule has 0 spiro atoms. The number of benzene rings is 2. The van der Waals surface area contributed by atoms with Gasteiger partial charge in [0.05, 0.1) is 18.6 Å². The summed E-state index contributed by atoms with van der Waals surface area (Å²) >= 11 is 0. The highest BCUT2D eigenvalue weighted by Crippen LogP contribution is 2.50. The number of rotatable bonds is 6. The first-order valence-corrected chi connectivity index (χ1v) is 11.8. The summed E-state index contributed by atoms with van der Waals surface area (Å²) in [6.45, 7) is 13.8. The molecule has 184 valence electrons. The van der Waals surface area contributed by atoms with Gasteiger partial charge in [-0.05, 0) is 64.8 Å². The molecule has 0 fully saturated rings. The number of carbonyl (C=O) groups excluding carboxylic acids is 1. The zero-order valence-electron chi connectivity index (χ0n) is 20.9. The smallest absolute Gasteiger partial charge is 0.174 e. The summed E-state index contributed by atoms with van der Waals surface area (Å²) in [5.41, 5.74) is 3.14. The van der Waals surface area contributed by atoms with E-state index in [1.807, 2.05) is 58.9 Å². The van der Waals surface area contributed by atoms with Crippen molar-refractivity contribution in [1.29, 1.82) is 0 Å². The first-order chi connectivity index (χ1) is 16.6. The highest BCUT2D eigenvalue weighted by Gasteiger charge is 2.36. The van der Waals surface area contributed by atoms with E-state index in [-0.39, 0.29) is 29.3 Å². The Labute approximate surface area is 206 Å². The summed E-state index contributed by atoms with van der Waals surface area (Å²) < 4.78 is 18.2. The van der Waals surface area contributed by atoms with Crippen molar-refractivity contribution in [3.63, 3.8) is 0 Å². The van der Waals surface area contributed by atoms with E-state index in [1.54, 1.807) is 6.07 Å². The van der Waals surface area contributed by atoms with Gasteiger partial charge >= 0.3 is 0 Å². The van der Waals surface area contributed by atoms with E-state index in [0.717, 1.165) is 5.57 Å². The minimum atomic E-state index is -0.650. The highest BCUT2D eigenvalue weighted by atomic mass is 16.5. The Kier molecular flexibility index (Phi) is 6.41. The van der Waals surface area contributed by atoms with Crippen molar-refractivity contribution in [3.8, 4) is 28.7 Å². The minimum Gasteiger partial charge on any atom is -0.506 e. The molecule has 2 aromatic rings. The van der Waals surface area contributed by atoms with Crippen LogP contribution in [-0.4, -0.2) is 28.2 Å². The molecule has 0 radical (unpaired) electrons. The van der Waals surface area contributed by atoms with Gasteiger partial charge < -0.3 is 24.4 Å². The fourth-order valence-electron chi connectivity index (χ4n) is 4.45. The van der Waals surface area contributed by atoms with E-state index < -0.39 is 11.7 Å². The maximum absolute atomic E-state index is 13.3. The number of ketones is 1. The molecular weight excluding hydrogens is 444 g/mol. The van der Waals surface area contributed by atoms with Crippen LogP contribution in [0.5, 0.6) is 28.7 Å². The Hall–Kier alpha value is -3.67. The van der Waals surface area contributed by atoms with Crippen molar-refractivity contribution in [2.75, 3.05) is 6.61 Å². The van der Waals surface area contributed by atoms with Gasteiger partial charge in [-0.3, -0.25) is 4.79 Å². The molecular formula is C29H32O6. The number of aromatic hydroxyl groups is 2. The Morgan fingerprint density at radius 2 is 2.00 bits per heavy atom. The molecule has 4 rings (SSSR count). The van der Waals surface area contributed by atoms with E-state index in [4.69, 9.17) is 14.2 Å². The molecule has 0 saturated carbocycles. The van der Waals surface area contributed by atoms with Gasteiger partial charge in [-0.1, -0.05) is 30.4 Å². The standard InChI is InChI=1S/C29H32O6/c1-7-19-25(32)24-21(30)15-23(34-28(24)20(10-9-16(3)4)27(19)33-8-2)18-13-17-11-12-29(5,6)35-26(17)22(31)14-18/h7,9,11-14,23,31-32H,1,8,10,15H2,2-6H3. The number of hydrogen-bond acceptors (Lipinski definition) is 6. The van der Waals surface area contributed by atoms with Crippen LogP contribution in [0.25, 0.3) is 12.2 Å². The normalized spacial score (nSPS) is 17.5. The van der Waals surface area contributed by atoms with Crippen LogP contribution in [0, 0.1) is 0 Å². The molecule has 2 aliphatic heterocycles. The van der Waals surface area contributed by atoms with Crippen LogP contribution in [0.2, 0.25) is 0 Å². The molecule has 0 bridgehead atoms. The second-order valence-electron chi connectivity index (χ2n) is 9.63. The van der Waals surface area contributed by atoms with E-state index in [2.05, 4.69) is 6.58 Å². The van der Waals surface area contributed by atoms with Crippen LogP contribution in [0.1, 0.15) is 79.8 Å². The van der Waals surface area contributed by atoms with Crippen LogP contribution in [-0.2, 0) is 6.42 Å². The molecule has 6 nitrogen and oxygen atoms in total. The fourth-order valence-corrected chi connectivity index (χ4v) is 4.45. The van der Waals surface area contributed by atoms with Crippen LogP contribution in [0.4, 0.5) is 0 Å². The number of ether oxygens (including phenoxy) is 3. The number of carbonyl (C=O) groups is 1. The van der Waals surface area contributed by atoms with Gasteiger partial charge in [-0.15, -0.1) is 0 Å². The topological polar surface area (TPSA) is 85.2 Å². The van der Waals surface area contributed by atoms with Crippen molar-refractivity contribution in [2.24, 2.45) is 0 Å². The SMILES string of the molecule is C=Cc1c(O)c2c(c(CC=C(C)C)c1OCC)OC(c1cc(O)c3c(c1)C=CC(C)(C)O3)CC2=O. The van der Waals surface area contributed by atoms with Crippen molar-refractivity contribution < 1.29 is 29.2 Å². The van der Waals surface area contributed by atoms with E-state index in [0.29, 0.717) is 52.5 Å². The number of phenolic OH excluding ortho intramolecular Hbond substituents is 2. The lowest BCUT2D eigenvalue weighted by Crippen LogP contribution is -2.28. The second kappa shape index (κ2) is 9.17. The number of Topliss-reactive ketones (excluding diaryl/α,β-unsaturated/α-hetero) is 1. The Morgan fingerprint density at radius 1 is 1.26 bits per heavy atom. The molecule has 2 heterocycles. The second-order valence-corrected chi connectivity index (χ2v) is 9.63. The highest BCUT2D eigenvalue weighted by molar-refractivity contribution is 6.04. The van der Waals surface area contributed by atoms with Crippen LogP contribution < -0.4 is 14.2 Å². The number of fused-ring (bicyclic) bond motifs is 2. The molecule has 1 atom stereocenters. The third-order valence-corrected chi connectivity index (χ3v) is 6.15. The maximum atomic E-state index is 13.3. The van der Waals surface area contributed by atoms with Gasteiger partial charge in [0, 0.05) is 11.1 Å². The summed E-state index contributed by atoms with van der Waals surface area (Å²) in [7, 11) is 0. The third kappa shape index (κ3) is 4.53. The van der Waals surface area contributed by atoms with Crippen LogP contribution >= 0.6 is 0 Å². The molecule has 0 aromatic heterocycles. The third-order valence-electron chi connectivity index (χ3n) is 6.15. The van der Waals surface area contributed by atoms with E-state index in [1.165, 1.54) is 6.08 Å². The predicted molar refractivity (Wildman–Crippen MR) is 137 cm³/mol. The molecule has 0 saturated heterocycles. The van der Waals surface area contributed by atoms with Gasteiger partial charge in [-0.2, -0.15) is 0 Å². The molecule has 0 aliphatic carbocycles. The molecule has 0 amide bonds. The first-order valence-electron chi connectivity index (χ1n) is 11.8. The van der Waals surface area contributed by atoms with Crippen molar-refractivity contribution in [3.05, 3.63) is 64.3 Å². The molecule has 2 aromatic carbocycles. The lowest BCUT2D eigenvalue weighted by molar-refractivity contribution is 0.0841. The van der Waals surface area contributed by atoms with E-state index in [9.17, 15) is 15.0 Å². The summed E-state index contributed by atoms with van der Waals surface area (Å²) in [6, 6.07) is 3.44. The zero-order chi connectivity index (χ0) is 25.5. The maximum Gasteiger partial charge on any atom is 0.174 e. The molecule has 1 unspecified atom stereocenters. The fraction of sp³-hybridized carbons (Fsp3) is 0.345. The molecule has 6 heteroatoms. The monoisotopic (exact) mass is 476 g/mol. The molecule has 2 N–H and O–H groups in total. The predicted octanol–water partition coefficient (Wildman–Crippen LogP) is 6.54. The average molecular weight is 477 g/mol. The van der Waals surface area contributed by atoms with Crippen molar-refractivity contribution >= 4 is 17.9 Å². The van der Waals surface area contributed by atoms with Crippen LogP contribution in [0.3, 0.4) is 0 Å². The first kappa shape index (κ1) is 24.5. The largest absolute Gasteiger partial charge is 0.506 e. The van der Waals surface area contributed by atoms with Gasteiger partial charge in [0.15, 0.2) is 17.3 Å². The van der Waals surface area contributed by atoms with Gasteiger partial charge in [-0.25, -0.2) is 0 Å². The average Bonchev–Trinajstić information content (AvgIpc) is 2.78.